The zero-order valence-corrected chi connectivity index (χ0v) is 20.2. The van der Waals surface area contributed by atoms with E-state index in [0.29, 0.717) is 28.6 Å². The van der Waals surface area contributed by atoms with Crippen LogP contribution in [0.3, 0.4) is 0 Å². The number of methoxy groups -OCH3 is 2. The van der Waals surface area contributed by atoms with Crippen molar-refractivity contribution in [2.45, 2.75) is 0 Å². The Morgan fingerprint density at radius 1 is 0.703 bits per heavy atom. The van der Waals surface area contributed by atoms with Gasteiger partial charge in [0.1, 0.15) is 6.29 Å². The SMILES string of the molecule is COc1cc(C=O)cc(OC)c1OC(=O)c1ccc2nc(-c3ccccc3)c(-c3ccccc3)nc2c1. The molecule has 7 nitrogen and oxygen atoms in total. The van der Waals surface area contributed by atoms with Crippen molar-refractivity contribution in [3.63, 3.8) is 0 Å². The fourth-order valence-electron chi connectivity index (χ4n) is 4.00. The monoisotopic (exact) mass is 490 g/mol. The van der Waals surface area contributed by atoms with Gasteiger partial charge in [0.2, 0.25) is 5.75 Å². The van der Waals surface area contributed by atoms with E-state index in [1.807, 2.05) is 60.7 Å². The molecule has 182 valence electrons. The largest absolute Gasteiger partial charge is 0.493 e. The zero-order chi connectivity index (χ0) is 25.8. The van der Waals surface area contributed by atoms with E-state index in [1.54, 1.807) is 18.2 Å². The minimum atomic E-state index is -0.632. The van der Waals surface area contributed by atoms with E-state index in [0.717, 1.165) is 16.8 Å². The molecular formula is C30H22N2O5. The molecule has 5 rings (SSSR count). The van der Waals surface area contributed by atoms with E-state index in [-0.39, 0.29) is 22.8 Å². The second kappa shape index (κ2) is 10.3. The van der Waals surface area contributed by atoms with Gasteiger partial charge >= 0.3 is 5.97 Å². The van der Waals surface area contributed by atoms with Crippen molar-refractivity contribution >= 4 is 23.3 Å². The molecule has 0 unspecified atom stereocenters. The Morgan fingerprint density at radius 3 is 1.76 bits per heavy atom. The molecule has 0 radical (unpaired) electrons. The number of rotatable bonds is 7. The maximum atomic E-state index is 13.1. The normalized spacial score (nSPS) is 10.6. The van der Waals surface area contributed by atoms with E-state index in [9.17, 15) is 9.59 Å². The lowest BCUT2D eigenvalue weighted by atomic mass is 10.0. The first kappa shape index (κ1) is 23.7. The number of aldehydes is 1. The van der Waals surface area contributed by atoms with Crippen LogP contribution in [-0.2, 0) is 0 Å². The van der Waals surface area contributed by atoms with Crippen LogP contribution in [0.15, 0.2) is 91.0 Å². The van der Waals surface area contributed by atoms with Crippen LogP contribution < -0.4 is 14.2 Å². The summed E-state index contributed by atoms with van der Waals surface area (Å²) in [7, 11) is 2.84. The number of benzene rings is 4. The van der Waals surface area contributed by atoms with Crippen LogP contribution in [0, 0.1) is 0 Å². The highest BCUT2D eigenvalue weighted by atomic mass is 16.6. The van der Waals surface area contributed by atoms with Gasteiger partial charge in [-0.1, -0.05) is 60.7 Å². The molecule has 0 fully saturated rings. The Bertz CT molecular complexity index is 1580. The van der Waals surface area contributed by atoms with Crippen LogP contribution in [0.4, 0.5) is 0 Å². The van der Waals surface area contributed by atoms with Gasteiger partial charge in [0.05, 0.1) is 42.2 Å². The van der Waals surface area contributed by atoms with Crippen LogP contribution in [0.25, 0.3) is 33.5 Å². The average Bonchev–Trinajstić information content (AvgIpc) is 2.97. The zero-order valence-electron chi connectivity index (χ0n) is 20.2. The topological polar surface area (TPSA) is 87.6 Å². The summed E-state index contributed by atoms with van der Waals surface area (Å²) in [4.78, 5) is 34.2. The van der Waals surface area contributed by atoms with Crippen molar-refractivity contribution in [1.82, 2.24) is 9.97 Å². The standard InChI is InChI=1S/C30H22N2O5/c1-35-25-15-19(18-33)16-26(36-2)29(25)37-30(34)22-13-14-23-24(17-22)32-28(21-11-7-4-8-12-21)27(31-23)20-9-5-3-6-10-20/h3-18H,1-2H3. The van der Waals surface area contributed by atoms with Gasteiger partial charge in [0, 0.05) is 16.7 Å². The second-order valence-electron chi connectivity index (χ2n) is 8.12. The van der Waals surface area contributed by atoms with Gasteiger partial charge < -0.3 is 14.2 Å². The highest BCUT2D eigenvalue weighted by molar-refractivity contribution is 5.96. The van der Waals surface area contributed by atoms with E-state index in [4.69, 9.17) is 24.2 Å². The number of ether oxygens (including phenoxy) is 3. The summed E-state index contributed by atoms with van der Waals surface area (Å²) >= 11 is 0. The molecule has 0 spiro atoms. The fourth-order valence-corrected chi connectivity index (χ4v) is 4.00. The lowest BCUT2D eigenvalue weighted by molar-refractivity contribution is 0.0724. The molecule has 1 aromatic heterocycles. The molecule has 0 saturated carbocycles. The third-order valence-corrected chi connectivity index (χ3v) is 5.81. The van der Waals surface area contributed by atoms with E-state index in [2.05, 4.69) is 0 Å². The highest BCUT2D eigenvalue weighted by Crippen LogP contribution is 2.39. The van der Waals surface area contributed by atoms with Crippen molar-refractivity contribution in [2.24, 2.45) is 0 Å². The Balaban J connectivity index is 1.58. The Hall–Kier alpha value is -5.04. The average molecular weight is 491 g/mol. The van der Waals surface area contributed by atoms with Gasteiger partial charge in [-0.05, 0) is 30.3 Å². The maximum absolute atomic E-state index is 13.1. The number of hydrogen-bond donors (Lipinski definition) is 0. The molecule has 1 heterocycles. The summed E-state index contributed by atoms with van der Waals surface area (Å²) in [6, 6.07) is 27.6. The predicted octanol–water partition coefficient (Wildman–Crippen LogP) is 6.01. The maximum Gasteiger partial charge on any atom is 0.343 e. The van der Waals surface area contributed by atoms with Gasteiger partial charge in [0.25, 0.3) is 0 Å². The molecule has 0 aliphatic carbocycles. The molecular weight excluding hydrogens is 468 g/mol. The van der Waals surface area contributed by atoms with Crippen LogP contribution in [0.1, 0.15) is 20.7 Å². The summed E-state index contributed by atoms with van der Waals surface area (Å²) in [5, 5.41) is 0. The number of fused-ring (bicyclic) bond motifs is 1. The van der Waals surface area contributed by atoms with Crippen LogP contribution >= 0.6 is 0 Å². The van der Waals surface area contributed by atoms with Crippen molar-refractivity contribution in [2.75, 3.05) is 14.2 Å². The van der Waals surface area contributed by atoms with Gasteiger partial charge in [-0.15, -0.1) is 0 Å². The Labute approximate surface area is 213 Å². The molecule has 0 saturated heterocycles. The van der Waals surface area contributed by atoms with Crippen molar-refractivity contribution in [3.05, 3.63) is 102 Å². The molecule has 0 bridgehead atoms. The summed E-state index contributed by atoms with van der Waals surface area (Å²) in [5.74, 6) is -0.146. The van der Waals surface area contributed by atoms with Crippen LogP contribution in [-0.4, -0.2) is 36.4 Å². The molecule has 0 amide bonds. The number of aromatic nitrogens is 2. The van der Waals surface area contributed by atoms with Gasteiger partial charge in [0.15, 0.2) is 11.5 Å². The molecule has 0 aliphatic heterocycles. The quantitative estimate of drug-likeness (QED) is 0.157. The van der Waals surface area contributed by atoms with Crippen LogP contribution in [0.2, 0.25) is 0 Å². The van der Waals surface area contributed by atoms with Crippen molar-refractivity contribution in [3.8, 4) is 39.8 Å². The number of esters is 1. The lowest BCUT2D eigenvalue weighted by Crippen LogP contribution is -2.11. The van der Waals surface area contributed by atoms with Gasteiger partial charge in [-0.25, -0.2) is 14.8 Å². The summed E-state index contributed by atoms with van der Waals surface area (Å²) in [5.41, 5.74) is 5.10. The number of hydrogen-bond acceptors (Lipinski definition) is 7. The van der Waals surface area contributed by atoms with Gasteiger partial charge in [-0.2, -0.15) is 0 Å². The predicted molar refractivity (Wildman–Crippen MR) is 140 cm³/mol. The minimum absolute atomic E-state index is 0.0798. The lowest BCUT2D eigenvalue weighted by Gasteiger charge is -2.14. The molecule has 7 heteroatoms. The van der Waals surface area contributed by atoms with E-state index >= 15 is 0 Å². The number of carbonyl (C=O) groups excluding carboxylic acids is 2. The fraction of sp³-hybridized carbons (Fsp3) is 0.0667. The molecule has 37 heavy (non-hydrogen) atoms. The number of nitrogens with zero attached hydrogens (tertiary/aromatic N) is 2. The van der Waals surface area contributed by atoms with Crippen molar-refractivity contribution < 1.29 is 23.8 Å². The molecule has 0 N–H and O–H groups in total. The second-order valence-corrected chi connectivity index (χ2v) is 8.12. The smallest absolute Gasteiger partial charge is 0.343 e. The summed E-state index contributed by atoms with van der Waals surface area (Å²) in [6.07, 6.45) is 0.659. The molecule has 4 aromatic carbocycles. The number of carbonyl (C=O) groups is 2. The molecule has 0 atom stereocenters. The van der Waals surface area contributed by atoms with Crippen LogP contribution in [0.5, 0.6) is 17.2 Å². The highest BCUT2D eigenvalue weighted by Gasteiger charge is 2.20. The first-order valence-corrected chi connectivity index (χ1v) is 11.5. The van der Waals surface area contributed by atoms with Gasteiger partial charge in [-0.3, -0.25) is 4.79 Å². The Morgan fingerprint density at radius 2 is 1.24 bits per heavy atom. The van der Waals surface area contributed by atoms with Crippen molar-refractivity contribution in [1.29, 1.82) is 0 Å². The van der Waals surface area contributed by atoms with E-state index < -0.39 is 5.97 Å². The molecule has 0 aliphatic rings. The summed E-state index contributed by atoms with van der Waals surface area (Å²) in [6.45, 7) is 0. The Kier molecular flexibility index (Phi) is 6.59. The summed E-state index contributed by atoms with van der Waals surface area (Å²) < 4.78 is 16.3. The first-order valence-electron chi connectivity index (χ1n) is 11.5. The first-order chi connectivity index (χ1) is 18.1. The minimum Gasteiger partial charge on any atom is -0.493 e. The van der Waals surface area contributed by atoms with E-state index in [1.165, 1.54) is 26.4 Å². The molecule has 5 aromatic rings. The third-order valence-electron chi connectivity index (χ3n) is 5.81. The third kappa shape index (κ3) is 4.75.